The number of nitrogens with zero attached hydrogens (tertiary/aromatic N) is 1. The number of para-hydroxylation sites is 1. The summed E-state index contributed by atoms with van der Waals surface area (Å²) in [7, 11) is -1.48. The Balaban J connectivity index is 2.27. The molecule has 0 bridgehead atoms. The molecule has 0 heterocycles. The van der Waals surface area contributed by atoms with Crippen molar-refractivity contribution in [2.75, 3.05) is 0 Å². The standard InChI is InChI=1S/C13H12BNO2/c16-14(17)13-9-5-4-6-11(13)10-15-12-7-2-1-3-8-12/h1-10,16-17H. The smallest absolute Gasteiger partial charge is 0.423 e. The van der Waals surface area contributed by atoms with E-state index in [-0.39, 0.29) is 0 Å². The summed E-state index contributed by atoms with van der Waals surface area (Å²) in [6.07, 6.45) is 1.63. The normalized spacial score (nSPS) is 10.7. The highest BCUT2D eigenvalue weighted by Gasteiger charge is 2.13. The molecule has 0 saturated heterocycles. The second kappa shape index (κ2) is 5.43. The second-order valence-corrected chi connectivity index (χ2v) is 3.60. The molecule has 0 radical (unpaired) electrons. The van der Waals surface area contributed by atoms with Crippen molar-refractivity contribution in [1.29, 1.82) is 0 Å². The topological polar surface area (TPSA) is 52.8 Å². The molecule has 0 saturated carbocycles. The van der Waals surface area contributed by atoms with Crippen molar-refractivity contribution in [3.63, 3.8) is 0 Å². The van der Waals surface area contributed by atoms with Gasteiger partial charge in [0, 0.05) is 6.21 Å². The molecule has 84 valence electrons. The molecule has 0 aliphatic rings. The van der Waals surface area contributed by atoms with Crippen LogP contribution < -0.4 is 5.46 Å². The van der Waals surface area contributed by atoms with Gasteiger partial charge in [0.15, 0.2) is 0 Å². The zero-order valence-electron chi connectivity index (χ0n) is 9.19. The van der Waals surface area contributed by atoms with Crippen molar-refractivity contribution in [2.45, 2.75) is 0 Å². The molecule has 0 aliphatic heterocycles. The zero-order valence-corrected chi connectivity index (χ0v) is 9.19. The van der Waals surface area contributed by atoms with Crippen LogP contribution >= 0.6 is 0 Å². The number of hydrogen-bond acceptors (Lipinski definition) is 3. The fourth-order valence-corrected chi connectivity index (χ4v) is 1.52. The Kier molecular flexibility index (Phi) is 3.70. The molecule has 0 fully saturated rings. The first-order chi connectivity index (χ1) is 8.27. The molecule has 4 heteroatoms. The first-order valence-corrected chi connectivity index (χ1v) is 5.31. The number of benzene rings is 2. The Morgan fingerprint density at radius 1 is 0.882 bits per heavy atom. The van der Waals surface area contributed by atoms with Gasteiger partial charge in [0.1, 0.15) is 0 Å². The van der Waals surface area contributed by atoms with Gasteiger partial charge < -0.3 is 10.0 Å². The SMILES string of the molecule is OB(O)c1ccccc1C=Nc1ccccc1. The van der Waals surface area contributed by atoms with E-state index >= 15 is 0 Å². The third-order valence-corrected chi connectivity index (χ3v) is 2.38. The van der Waals surface area contributed by atoms with Crippen LogP contribution in [0.3, 0.4) is 0 Å². The molecular formula is C13H12BNO2. The van der Waals surface area contributed by atoms with E-state index in [1.54, 1.807) is 24.4 Å². The molecule has 17 heavy (non-hydrogen) atoms. The van der Waals surface area contributed by atoms with Crippen LogP contribution in [-0.4, -0.2) is 23.4 Å². The van der Waals surface area contributed by atoms with Gasteiger partial charge in [0.05, 0.1) is 5.69 Å². The maximum atomic E-state index is 9.20. The monoisotopic (exact) mass is 225 g/mol. The average Bonchev–Trinajstić information content (AvgIpc) is 2.38. The van der Waals surface area contributed by atoms with E-state index in [0.717, 1.165) is 5.69 Å². The first kappa shape index (κ1) is 11.6. The van der Waals surface area contributed by atoms with Gasteiger partial charge in [-0.15, -0.1) is 0 Å². The largest absolute Gasteiger partial charge is 0.489 e. The van der Waals surface area contributed by atoms with Crippen LogP contribution in [0.15, 0.2) is 59.6 Å². The summed E-state index contributed by atoms with van der Waals surface area (Å²) in [6.45, 7) is 0. The third kappa shape index (κ3) is 3.03. The van der Waals surface area contributed by atoms with E-state index in [1.165, 1.54) is 0 Å². The third-order valence-electron chi connectivity index (χ3n) is 2.38. The molecule has 0 unspecified atom stereocenters. The molecule has 0 aliphatic carbocycles. The predicted octanol–water partition coefficient (Wildman–Crippen LogP) is 1.12. The van der Waals surface area contributed by atoms with Crippen molar-refractivity contribution in [3.8, 4) is 0 Å². The van der Waals surface area contributed by atoms with Crippen LogP contribution in [0.2, 0.25) is 0 Å². The second-order valence-electron chi connectivity index (χ2n) is 3.60. The fraction of sp³-hybridized carbons (Fsp3) is 0. The molecule has 2 aromatic carbocycles. The minimum atomic E-state index is -1.48. The fourth-order valence-electron chi connectivity index (χ4n) is 1.52. The van der Waals surface area contributed by atoms with Gasteiger partial charge in [-0.2, -0.15) is 0 Å². The first-order valence-electron chi connectivity index (χ1n) is 5.31. The van der Waals surface area contributed by atoms with Crippen molar-refractivity contribution in [1.82, 2.24) is 0 Å². The maximum absolute atomic E-state index is 9.20. The molecule has 0 atom stereocenters. The Morgan fingerprint density at radius 3 is 2.24 bits per heavy atom. The van der Waals surface area contributed by atoms with Crippen LogP contribution in [0.1, 0.15) is 5.56 Å². The summed E-state index contributed by atoms with van der Waals surface area (Å²) in [5.74, 6) is 0. The van der Waals surface area contributed by atoms with Gasteiger partial charge in [0.25, 0.3) is 0 Å². The lowest BCUT2D eigenvalue weighted by atomic mass is 9.77. The van der Waals surface area contributed by atoms with Crippen LogP contribution in [0.4, 0.5) is 5.69 Å². The highest BCUT2D eigenvalue weighted by atomic mass is 16.4. The highest BCUT2D eigenvalue weighted by Crippen LogP contribution is 2.09. The quantitative estimate of drug-likeness (QED) is 0.607. The summed E-state index contributed by atoms with van der Waals surface area (Å²) in [6, 6.07) is 16.5. The summed E-state index contributed by atoms with van der Waals surface area (Å²) >= 11 is 0. The maximum Gasteiger partial charge on any atom is 0.489 e. The van der Waals surface area contributed by atoms with Gasteiger partial charge in [0.2, 0.25) is 0 Å². The molecule has 0 amide bonds. The van der Waals surface area contributed by atoms with Crippen molar-refractivity contribution < 1.29 is 10.0 Å². The van der Waals surface area contributed by atoms with Crippen LogP contribution in [0.25, 0.3) is 0 Å². The van der Waals surface area contributed by atoms with Crippen molar-refractivity contribution in [3.05, 3.63) is 60.2 Å². The van der Waals surface area contributed by atoms with E-state index in [1.807, 2.05) is 36.4 Å². The van der Waals surface area contributed by atoms with E-state index in [9.17, 15) is 10.0 Å². The van der Waals surface area contributed by atoms with Crippen LogP contribution in [0, 0.1) is 0 Å². The predicted molar refractivity (Wildman–Crippen MR) is 70.0 cm³/mol. The average molecular weight is 225 g/mol. The lowest BCUT2D eigenvalue weighted by Crippen LogP contribution is -2.32. The number of aliphatic imine (C=N–C) groups is 1. The summed E-state index contributed by atoms with van der Waals surface area (Å²) in [5.41, 5.74) is 1.98. The van der Waals surface area contributed by atoms with Gasteiger partial charge in [-0.3, -0.25) is 4.99 Å². The number of rotatable bonds is 3. The summed E-state index contributed by atoms with van der Waals surface area (Å²) in [5, 5.41) is 18.4. The molecular weight excluding hydrogens is 213 g/mol. The van der Waals surface area contributed by atoms with Crippen molar-refractivity contribution in [2.24, 2.45) is 4.99 Å². The molecule has 2 rings (SSSR count). The number of hydrogen-bond donors (Lipinski definition) is 2. The minimum absolute atomic E-state index is 0.451. The Bertz CT molecular complexity index is 512. The summed E-state index contributed by atoms with van der Waals surface area (Å²) in [4.78, 5) is 4.27. The van der Waals surface area contributed by atoms with Gasteiger partial charge >= 0.3 is 7.12 Å². The molecule has 3 nitrogen and oxygen atoms in total. The molecule has 0 spiro atoms. The summed E-state index contributed by atoms with van der Waals surface area (Å²) < 4.78 is 0. The minimum Gasteiger partial charge on any atom is -0.423 e. The van der Waals surface area contributed by atoms with E-state index < -0.39 is 7.12 Å². The van der Waals surface area contributed by atoms with Gasteiger partial charge in [-0.05, 0) is 23.2 Å². The lowest BCUT2D eigenvalue weighted by molar-refractivity contribution is 0.425. The highest BCUT2D eigenvalue weighted by molar-refractivity contribution is 6.60. The van der Waals surface area contributed by atoms with Crippen molar-refractivity contribution >= 4 is 24.5 Å². The van der Waals surface area contributed by atoms with E-state index in [4.69, 9.17) is 0 Å². The molecule has 0 aromatic heterocycles. The molecule has 2 N–H and O–H groups in total. The zero-order chi connectivity index (χ0) is 12.1. The Morgan fingerprint density at radius 2 is 1.53 bits per heavy atom. The van der Waals surface area contributed by atoms with E-state index in [2.05, 4.69) is 4.99 Å². The Hall–Kier alpha value is -1.91. The Labute approximate surface area is 100 Å². The van der Waals surface area contributed by atoms with Gasteiger partial charge in [-0.25, -0.2) is 0 Å². The molecule has 2 aromatic rings. The van der Waals surface area contributed by atoms with Crippen LogP contribution in [-0.2, 0) is 0 Å². The van der Waals surface area contributed by atoms with E-state index in [0.29, 0.717) is 11.0 Å². The van der Waals surface area contributed by atoms with Crippen LogP contribution in [0.5, 0.6) is 0 Å². The lowest BCUT2D eigenvalue weighted by Gasteiger charge is -2.03. The van der Waals surface area contributed by atoms with Gasteiger partial charge in [-0.1, -0.05) is 42.5 Å².